The third-order valence-corrected chi connectivity index (χ3v) is 8.82. The van der Waals surface area contributed by atoms with Crippen molar-refractivity contribution in [3.05, 3.63) is 121 Å². The molecule has 6 rings (SSSR count). The molecule has 0 aliphatic heterocycles. The van der Waals surface area contributed by atoms with Gasteiger partial charge in [0.15, 0.2) is 0 Å². The number of benzene rings is 6. The molecule has 0 bridgehead atoms. The Hall–Kier alpha value is -4.34. The van der Waals surface area contributed by atoms with Crippen molar-refractivity contribution >= 4 is 41.8 Å². The minimum atomic E-state index is -4.94. The van der Waals surface area contributed by atoms with Gasteiger partial charge in [-0.3, -0.25) is 9.11 Å². The van der Waals surface area contributed by atoms with E-state index in [0.717, 1.165) is 0 Å². The largest absolute Gasteiger partial charge is 0.295 e. The third kappa shape index (κ3) is 4.47. The summed E-state index contributed by atoms with van der Waals surface area (Å²) in [6.45, 7) is 0. The first kappa shape index (κ1) is 25.9. The number of hydrogen-bond acceptors (Lipinski definition) is 4. The lowest BCUT2D eigenvalue weighted by Crippen LogP contribution is -2.09. The van der Waals surface area contributed by atoms with E-state index in [1.54, 1.807) is 121 Å². The fourth-order valence-electron chi connectivity index (χ4n) is 5.35. The van der Waals surface area contributed by atoms with Crippen LogP contribution >= 0.6 is 0 Å². The monoisotopic (exact) mass is 566 g/mol. The zero-order valence-electron chi connectivity index (χ0n) is 20.9. The molecule has 198 valence electrons. The Morgan fingerprint density at radius 2 is 0.750 bits per heavy atom. The van der Waals surface area contributed by atoms with Crippen molar-refractivity contribution in [3.63, 3.8) is 0 Å². The van der Waals surface area contributed by atoms with E-state index in [1.807, 2.05) is 0 Å². The SMILES string of the molecule is O=S(=O)(O)c1c(-c2ccccc2)cc2ccccc2c1-c1c(S(=O)(=O)O)c(-c2ccccc2)cc2ccccc12. The highest BCUT2D eigenvalue weighted by Crippen LogP contribution is 2.48. The molecule has 0 aromatic heterocycles. The molecular weight excluding hydrogens is 544 g/mol. The van der Waals surface area contributed by atoms with Gasteiger partial charge in [-0.05, 0) is 44.8 Å². The van der Waals surface area contributed by atoms with E-state index < -0.39 is 30.0 Å². The maximum absolute atomic E-state index is 13.3. The van der Waals surface area contributed by atoms with Gasteiger partial charge in [0, 0.05) is 22.3 Å². The predicted octanol–water partition coefficient (Wildman–Crippen LogP) is 7.49. The zero-order chi connectivity index (χ0) is 28.1. The van der Waals surface area contributed by atoms with Crippen LogP contribution in [0.25, 0.3) is 54.9 Å². The highest BCUT2D eigenvalue weighted by atomic mass is 32.2. The van der Waals surface area contributed by atoms with E-state index in [4.69, 9.17) is 0 Å². The van der Waals surface area contributed by atoms with Crippen LogP contribution in [0, 0.1) is 0 Å². The topological polar surface area (TPSA) is 109 Å². The average Bonchev–Trinajstić information content (AvgIpc) is 2.95. The fourth-order valence-corrected chi connectivity index (χ4v) is 7.20. The standard InChI is InChI=1S/C32H22O6S2/c33-39(34,35)31-27(21-11-3-1-4-12-21)19-23-15-7-9-17-25(23)29(31)30-26-18-10-8-16-24(26)20-28(32(30)40(36,37)38)22-13-5-2-6-14-22/h1-20H,(H,33,34,35)(H,36,37,38). The highest BCUT2D eigenvalue weighted by Gasteiger charge is 2.32. The Bertz CT molecular complexity index is 1980. The van der Waals surface area contributed by atoms with Gasteiger partial charge in [0.2, 0.25) is 0 Å². The lowest BCUT2D eigenvalue weighted by atomic mass is 9.88. The number of rotatable bonds is 5. The maximum atomic E-state index is 13.3. The summed E-state index contributed by atoms with van der Waals surface area (Å²) in [5.41, 5.74) is 1.40. The van der Waals surface area contributed by atoms with Gasteiger partial charge in [0.05, 0.1) is 0 Å². The summed E-state index contributed by atoms with van der Waals surface area (Å²) in [5, 5.41) is 2.05. The van der Waals surface area contributed by atoms with Gasteiger partial charge in [-0.1, -0.05) is 109 Å². The first-order valence-electron chi connectivity index (χ1n) is 12.3. The van der Waals surface area contributed by atoms with E-state index in [1.165, 1.54) is 0 Å². The molecule has 0 spiro atoms. The van der Waals surface area contributed by atoms with Crippen LogP contribution in [-0.2, 0) is 20.2 Å². The van der Waals surface area contributed by atoms with Crippen LogP contribution < -0.4 is 0 Å². The van der Waals surface area contributed by atoms with Crippen LogP contribution in [0.1, 0.15) is 0 Å². The first-order chi connectivity index (χ1) is 19.1. The average molecular weight is 567 g/mol. The number of hydrogen-bond donors (Lipinski definition) is 2. The van der Waals surface area contributed by atoms with Crippen LogP contribution in [0.15, 0.2) is 131 Å². The predicted molar refractivity (Wildman–Crippen MR) is 157 cm³/mol. The minimum absolute atomic E-state index is 0.0129. The van der Waals surface area contributed by atoms with Crippen molar-refractivity contribution in [2.24, 2.45) is 0 Å². The molecule has 40 heavy (non-hydrogen) atoms. The van der Waals surface area contributed by atoms with E-state index in [-0.39, 0.29) is 22.3 Å². The Morgan fingerprint density at radius 3 is 1.10 bits per heavy atom. The molecule has 0 fully saturated rings. The van der Waals surface area contributed by atoms with Crippen LogP contribution in [0.2, 0.25) is 0 Å². The molecule has 0 aliphatic carbocycles. The second-order valence-electron chi connectivity index (χ2n) is 9.38. The Kier molecular flexibility index (Phi) is 6.28. The molecular formula is C32H22O6S2. The normalized spacial score (nSPS) is 12.2. The summed E-state index contributed by atoms with van der Waals surface area (Å²) in [6, 6.07) is 34.6. The van der Waals surface area contributed by atoms with Crippen molar-refractivity contribution in [1.29, 1.82) is 0 Å². The molecule has 6 aromatic rings. The molecule has 0 radical (unpaired) electrons. The molecule has 0 aliphatic rings. The maximum Gasteiger partial charge on any atom is 0.295 e. The van der Waals surface area contributed by atoms with E-state index >= 15 is 0 Å². The summed E-state index contributed by atoms with van der Waals surface area (Å²) in [7, 11) is -9.87. The zero-order valence-corrected chi connectivity index (χ0v) is 22.5. The Morgan fingerprint density at radius 1 is 0.425 bits per heavy atom. The fraction of sp³-hybridized carbons (Fsp3) is 0. The van der Waals surface area contributed by atoms with Gasteiger partial charge in [0.1, 0.15) is 9.79 Å². The highest BCUT2D eigenvalue weighted by molar-refractivity contribution is 7.86. The van der Waals surface area contributed by atoms with E-state index in [2.05, 4.69) is 0 Å². The van der Waals surface area contributed by atoms with Gasteiger partial charge in [-0.2, -0.15) is 16.8 Å². The lowest BCUT2D eigenvalue weighted by Gasteiger charge is -2.22. The molecule has 6 aromatic carbocycles. The minimum Gasteiger partial charge on any atom is -0.282 e. The van der Waals surface area contributed by atoms with Crippen molar-refractivity contribution in [2.45, 2.75) is 9.79 Å². The summed E-state index contributed by atoms with van der Waals surface area (Å²) in [4.78, 5) is -0.893. The molecule has 0 saturated carbocycles. The van der Waals surface area contributed by atoms with Gasteiger partial charge in [0.25, 0.3) is 20.2 Å². The Labute approximate surface area is 231 Å². The van der Waals surface area contributed by atoms with Crippen LogP contribution in [0.3, 0.4) is 0 Å². The van der Waals surface area contributed by atoms with Gasteiger partial charge < -0.3 is 0 Å². The second-order valence-corrected chi connectivity index (χ2v) is 12.1. The van der Waals surface area contributed by atoms with Crippen molar-refractivity contribution in [3.8, 4) is 33.4 Å². The Balaban J connectivity index is 1.95. The number of fused-ring (bicyclic) bond motifs is 2. The van der Waals surface area contributed by atoms with Crippen molar-refractivity contribution in [1.82, 2.24) is 0 Å². The molecule has 6 nitrogen and oxygen atoms in total. The van der Waals surface area contributed by atoms with Gasteiger partial charge in [-0.25, -0.2) is 0 Å². The first-order valence-corrected chi connectivity index (χ1v) is 15.2. The third-order valence-electron chi connectivity index (χ3n) is 6.94. The molecule has 0 heterocycles. The van der Waals surface area contributed by atoms with Crippen molar-refractivity contribution < 1.29 is 25.9 Å². The smallest absolute Gasteiger partial charge is 0.282 e. The second kappa shape index (κ2) is 9.69. The molecule has 0 unspecified atom stereocenters. The van der Waals surface area contributed by atoms with Gasteiger partial charge in [-0.15, -0.1) is 0 Å². The summed E-state index contributed by atoms with van der Waals surface area (Å²) in [6.07, 6.45) is 0. The summed E-state index contributed by atoms with van der Waals surface area (Å²) >= 11 is 0. The van der Waals surface area contributed by atoms with Crippen LogP contribution in [0.4, 0.5) is 0 Å². The van der Waals surface area contributed by atoms with Gasteiger partial charge >= 0.3 is 0 Å². The quantitative estimate of drug-likeness (QED) is 0.209. The molecule has 0 atom stereocenters. The summed E-state index contributed by atoms with van der Waals surface area (Å²) in [5.74, 6) is 0. The van der Waals surface area contributed by atoms with Crippen LogP contribution in [0.5, 0.6) is 0 Å². The molecule has 0 amide bonds. The molecule has 2 N–H and O–H groups in total. The molecule has 8 heteroatoms. The lowest BCUT2D eigenvalue weighted by molar-refractivity contribution is 0.480. The molecule has 0 saturated heterocycles. The van der Waals surface area contributed by atoms with E-state index in [9.17, 15) is 25.9 Å². The van der Waals surface area contributed by atoms with E-state index in [0.29, 0.717) is 32.7 Å². The summed E-state index contributed by atoms with van der Waals surface area (Å²) < 4.78 is 74.5. The van der Waals surface area contributed by atoms with Crippen molar-refractivity contribution in [2.75, 3.05) is 0 Å². The van der Waals surface area contributed by atoms with Crippen LogP contribution in [-0.4, -0.2) is 25.9 Å².